The third-order valence-electron chi connectivity index (χ3n) is 6.49. The van der Waals surface area contributed by atoms with Gasteiger partial charge in [0.05, 0.1) is 29.4 Å². The van der Waals surface area contributed by atoms with Crippen molar-refractivity contribution in [2.45, 2.75) is 0 Å². The van der Waals surface area contributed by atoms with E-state index in [9.17, 15) is 10.4 Å². The van der Waals surface area contributed by atoms with Gasteiger partial charge in [-0.1, -0.05) is 60.7 Å². The maximum atomic E-state index is 10.5. The summed E-state index contributed by atoms with van der Waals surface area (Å²) in [6.45, 7) is 0. The number of phenols is 1. The first kappa shape index (κ1) is 23.0. The van der Waals surface area contributed by atoms with E-state index in [-0.39, 0.29) is 5.75 Å². The molecule has 0 aliphatic carbocycles. The lowest BCUT2D eigenvalue weighted by Gasteiger charge is -2.13. The molecule has 0 amide bonds. The lowest BCUT2D eigenvalue weighted by molar-refractivity contribution is 0.415. The largest absolute Gasteiger partial charge is 0.508 e. The summed E-state index contributed by atoms with van der Waals surface area (Å²) >= 11 is 0. The van der Waals surface area contributed by atoms with Gasteiger partial charge in [-0.15, -0.1) is 0 Å². The summed E-state index contributed by atoms with van der Waals surface area (Å²) in [6, 6.07) is 36.5. The van der Waals surface area contributed by atoms with Gasteiger partial charge < -0.3 is 9.84 Å². The number of fused-ring (bicyclic) bond motifs is 1. The predicted molar refractivity (Wildman–Crippen MR) is 148 cm³/mol. The quantitative estimate of drug-likeness (QED) is 0.279. The Morgan fingerprint density at radius 3 is 1.97 bits per heavy atom. The summed E-state index contributed by atoms with van der Waals surface area (Å²) < 4.78 is 7.17. The Morgan fingerprint density at radius 2 is 1.34 bits per heavy atom. The van der Waals surface area contributed by atoms with E-state index in [4.69, 9.17) is 14.8 Å². The Balaban J connectivity index is 1.79. The summed E-state index contributed by atoms with van der Waals surface area (Å²) in [4.78, 5) is 5.09. The number of hydrogen-bond acceptors (Lipinski definition) is 5. The first-order valence-corrected chi connectivity index (χ1v) is 12.1. The van der Waals surface area contributed by atoms with Crippen LogP contribution in [0.1, 0.15) is 5.56 Å². The van der Waals surface area contributed by atoms with E-state index in [1.807, 2.05) is 102 Å². The van der Waals surface area contributed by atoms with E-state index in [0.717, 1.165) is 33.5 Å². The zero-order valence-corrected chi connectivity index (χ0v) is 20.5. The highest BCUT2D eigenvalue weighted by atomic mass is 16.5. The molecule has 0 saturated heterocycles. The third kappa shape index (κ3) is 3.93. The minimum Gasteiger partial charge on any atom is -0.508 e. The van der Waals surface area contributed by atoms with Gasteiger partial charge in [0.15, 0.2) is 5.65 Å². The van der Waals surface area contributed by atoms with Crippen LogP contribution in [0.2, 0.25) is 0 Å². The normalized spacial score (nSPS) is 10.8. The van der Waals surface area contributed by atoms with Crippen LogP contribution in [0, 0.1) is 11.3 Å². The predicted octanol–water partition coefficient (Wildman–Crippen LogP) is 7.01. The number of para-hydroxylation sites is 1. The highest BCUT2D eigenvalue weighted by Crippen LogP contribution is 2.42. The standard InChI is InChI=1S/C32H22N4O2/c1-38-26-18-14-23(15-19-26)30-27(20-33)28(21-12-16-25(37)17-13-21)29-31(22-8-4-2-5-9-22)35-36(32(29)34-30)24-10-6-3-7-11-24/h2-19,37H,1H3. The van der Waals surface area contributed by atoms with Crippen molar-refractivity contribution in [3.63, 3.8) is 0 Å². The number of ether oxygens (including phenoxy) is 1. The Kier molecular flexibility index (Phi) is 5.79. The average molecular weight is 495 g/mol. The molecule has 0 aliphatic heterocycles. The second kappa shape index (κ2) is 9.57. The van der Waals surface area contributed by atoms with Gasteiger partial charge >= 0.3 is 0 Å². The number of aromatic hydroxyl groups is 1. The van der Waals surface area contributed by atoms with Gasteiger partial charge in [0.2, 0.25) is 0 Å². The number of rotatable bonds is 5. The second-order valence-corrected chi connectivity index (χ2v) is 8.76. The van der Waals surface area contributed by atoms with Crippen LogP contribution in [-0.2, 0) is 0 Å². The number of nitrogens with zero attached hydrogens (tertiary/aromatic N) is 4. The maximum absolute atomic E-state index is 10.5. The van der Waals surface area contributed by atoms with Crippen molar-refractivity contribution in [3.05, 3.63) is 115 Å². The van der Waals surface area contributed by atoms with Crippen LogP contribution < -0.4 is 4.74 Å². The lowest BCUT2D eigenvalue weighted by atomic mass is 9.92. The molecule has 0 aliphatic rings. The molecule has 2 aromatic heterocycles. The van der Waals surface area contributed by atoms with E-state index in [0.29, 0.717) is 28.2 Å². The second-order valence-electron chi connectivity index (χ2n) is 8.76. The molecular weight excluding hydrogens is 472 g/mol. The number of pyridine rings is 1. The SMILES string of the molecule is COc1ccc(-c2nc3c(c(-c4ccccc4)nn3-c3ccccc3)c(-c3ccc(O)cc3)c2C#N)cc1. The number of aromatic nitrogens is 3. The summed E-state index contributed by atoms with van der Waals surface area (Å²) in [7, 11) is 1.62. The molecule has 6 aromatic rings. The summed E-state index contributed by atoms with van der Waals surface area (Å²) in [5, 5.41) is 26.3. The fourth-order valence-corrected chi connectivity index (χ4v) is 4.68. The van der Waals surface area contributed by atoms with Crippen LogP contribution in [0.4, 0.5) is 0 Å². The number of phenolic OH excluding ortho intramolecular Hbond substituents is 1. The highest BCUT2D eigenvalue weighted by Gasteiger charge is 2.25. The maximum Gasteiger partial charge on any atom is 0.164 e. The van der Waals surface area contributed by atoms with Gasteiger partial charge in [-0.2, -0.15) is 10.4 Å². The summed E-state index contributed by atoms with van der Waals surface area (Å²) in [5.41, 5.74) is 6.37. The first-order valence-electron chi connectivity index (χ1n) is 12.1. The lowest BCUT2D eigenvalue weighted by Crippen LogP contribution is -2.01. The minimum absolute atomic E-state index is 0.149. The molecule has 0 spiro atoms. The van der Waals surface area contributed by atoms with Crippen molar-refractivity contribution in [2.24, 2.45) is 0 Å². The van der Waals surface area contributed by atoms with Crippen LogP contribution in [0.3, 0.4) is 0 Å². The molecule has 0 bridgehead atoms. The van der Waals surface area contributed by atoms with Crippen LogP contribution in [-0.4, -0.2) is 27.0 Å². The topological polar surface area (TPSA) is 84.0 Å². The minimum atomic E-state index is 0.149. The molecule has 182 valence electrons. The Morgan fingerprint density at radius 1 is 0.737 bits per heavy atom. The van der Waals surface area contributed by atoms with Gasteiger partial charge in [0, 0.05) is 16.7 Å². The molecule has 6 heteroatoms. The van der Waals surface area contributed by atoms with Crippen molar-refractivity contribution in [1.29, 1.82) is 5.26 Å². The number of hydrogen-bond donors (Lipinski definition) is 1. The summed E-state index contributed by atoms with van der Waals surface area (Å²) in [6.07, 6.45) is 0. The van der Waals surface area contributed by atoms with Crippen molar-refractivity contribution >= 4 is 11.0 Å². The monoisotopic (exact) mass is 494 g/mol. The highest BCUT2D eigenvalue weighted by molar-refractivity contribution is 6.07. The van der Waals surface area contributed by atoms with E-state index >= 15 is 0 Å². The molecule has 4 aromatic carbocycles. The zero-order valence-electron chi connectivity index (χ0n) is 20.5. The Hall–Kier alpha value is -5.41. The van der Waals surface area contributed by atoms with Crippen molar-refractivity contribution in [2.75, 3.05) is 7.11 Å². The molecule has 0 saturated carbocycles. The summed E-state index contributed by atoms with van der Waals surface area (Å²) in [5.74, 6) is 0.865. The van der Waals surface area contributed by atoms with E-state index < -0.39 is 0 Å². The average Bonchev–Trinajstić information content (AvgIpc) is 3.37. The van der Waals surface area contributed by atoms with Crippen molar-refractivity contribution < 1.29 is 9.84 Å². The van der Waals surface area contributed by atoms with Crippen molar-refractivity contribution in [1.82, 2.24) is 14.8 Å². The number of methoxy groups -OCH3 is 1. The van der Waals surface area contributed by atoms with Crippen molar-refractivity contribution in [3.8, 4) is 56.9 Å². The zero-order chi connectivity index (χ0) is 26.1. The number of benzene rings is 4. The van der Waals surface area contributed by atoms with E-state index in [2.05, 4.69) is 6.07 Å². The van der Waals surface area contributed by atoms with Gasteiger partial charge in [-0.3, -0.25) is 0 Å². The molecule has 1 N–H and O–H groups in total. The fourth-order valence-electron chi connectivity index (χ4n) is 4.68. The van der Waals surface area contributed by atoms with Crippen LogP contribution >= 0.6 is 0 Å². The van der Waals surface area contributed by atoms with Crippen LogP contribution in [0.25, 0.3) is 50.4 Å². The van der Waals surface area contributed by atoms with Crippen LogP contribution in [0.5, 0.6) is 11.5 Å². The molecule has 38 heavy (non-hydrogen) atoms. The molecule has 6 rings (SSSR count). The Bertz CT molecular complexity index is 1790. The molecule has 6 nitrogen and oxygen atoms in total. The van der Waals surface area contributed by atoms with Gasteiger partial charge in [0.1, 0.15) is 23.3 Å². The van der Waals surface area contributed by atoms with Gasteiger partial charge in [-0.05, 0) is 54.1 Å². The fraction of sp³-hybridized carbons (Fsp3) is 0.0312. The molecule has 0 unspecified atom stereocenters. The van der Waals surface area contributed by atoms with E-state index in [1.54, 1.807) is 19.2 Å². The Labute approximate surface area is 219 Å². The van der Waals surface area contributed by atoms with E-state index in [1.165, 1.54) is 0 Å². The molecule has 0 radical (unpaired) electrons. The molecular formula is C32H22N4O2. The molecule has 0 atom stereocenters. The van der Waals surface area contributed by atoms with Gasteiger partial charge in [-0.25, -0.2) is 9.67 Å². The van der Waals surface area contributed by atoms with Gasteiger partial charge in [0.25, 0.3) is 0 Å². The first-order chi connectivity index (χ1) is 18.7. The third-order valence-corrected chi connectivity index (χ3v) is 6.49. The molecule has 2 heterocycles. The molecule has 0 fully saturated rings. The smallest absolute Gasteiger partial charge is 0.164 e. The number of nitriles is 1. The van der Waals surface area contributed by atoms with Crippen LogP contribution in [0.15, 0.2) is 109 Å².